The number of hydrogen-bond donors (Lipinski definition) is 1. The van der Waals surface area contributed by atoms with E-state index in [9.17, 15) is 4.79 Å². The quantitative estimate of drug-likeness (QED) is 0.899. The van der Waals surface area contributed by atoms with E-state index in [2.05, 4.69) is 28.4 Å². The number of likely N-dealkylation sites (N-methyl/N-ethyl adjacent to an activating group) is 1. The summed E-state index contributed by atoms with van der Waals surface area (Å²) >= 11 is 0. The van der Waals surface area contributed by atoms with Crippen molar-refractivity contribution < 1.29 is 4.79 Å². The van der Waals surface area contributed by atoms with Gasteiger partial charge < -0.3 is 10.2 Å². The van der Waals surface area contributed by atoms with Gasteiger partial charge in [-0.1, -0.05) is 6.08 Å². The summed E-state index contributed by atoms with van der Waals surface area (Å²) in [6.45, 7) is 5.94. The molecule has 0 spiro atoms. The molecule has 6 heteroatoms. The Morgan fingerprint density at radius 1 is 1.43 bits per heavy atom. The van der Waals surface area contributed by atoms with Gasteiger partial charge in [-0.2, -0.15) is 5.10 Å². The standard InChI is InChI=1S/C17H27N5O/c1-3-21(15-7-5-4-6-8-15)17(23)11-18-14-9-10-16-19-13(2)20-22(16)12-14/h7,14,18H,3-6,8-12H2,1-2H3. The summed E-state index contributed by atoms with van der Waals surface area (Å²) in [5.41, 5.74) is 1.21. The molecule has 1 aliphatic heterocycles. The van der Waals surface area contributed by atoms with Crippen molar-refractivity contribution in [2.75, 3.05) is 13.1 Å². The highest BCUT2D eigenvalue weighted by Crippen LogP contribution is 2.21. The molecule has 0 saturated carbocycles. The van der Waals surface area contributed by atoms with E-state index in [0.29, 0.717) is 12.6 Å². The lowest BCUT2D eigenvalue weighted by atomic mass is 10.0. The van der Waals surface area contributed by atoms with E-state index in [1.807, 2.05) is 16.5 Å². The largest absolute Gasteiger partial charge is 0.316 e. The van der Waals surface area contributed by atoms with Crippen molar-refractivity contribution >= 4 is 5.91 Å². The second-order valence-electron chi connectivity index (χ2n) is 6.45. The number of hydrogen-bond acceptors (Lipinski definition) is 4. The molecule has 1 atom stereocenters. The zero-order valence-electron chi connectivity index (χ0n) is 14.2. The molecule has 2 heterocycles. The Balaban J connectivity index is 1.53. The van der Waals surface area contributed by atoms with Crippen molar-refractivity contribution in [1.29, 1.82) is 0 Å². The van der Waals surface area contributed by atoms with Crippen LogP contribution in [-0.4, -0.2) is 44.7 Å². The summed E-state index contributed by atoms with van der Waals surface area (Å²) in [6, 6.07) is 0.298. The van der Waals surface area contributed by atoms with Crippen molar-refractivity contribution in [1.82, 2.24) is 25.0 Å². The van der Waals surface area contributed by atoms with Crippen molar-refractivity contribution in [3.8, 4) is 0 Å². The van der Waals surface area contributed by atoms with Crippen molar-refractivity contribution in [2.24, 2.45) is 0 Å². The van der Waals surface area contributed by atoms with Crippen LogP contribution in [0.2, 0.25) is 0 Å². The number of carbonyl (C=O) groups excluding carboxylic acids is 1. The molecule has 1 aliphatic carbocycles. The third-order valence-electron chi connectivity index (χ3n) is 4.74. The maximum absolute atomic E-state index is 12.6. The molecule has 1 N–H and O–H groups in total. The van der Waals surface area contributed by atoms with Gasteiger partial charge >= 0.3 is 0 Å². The van der Waals surface area contributed by atoms with Gasteiger partial charge in [-0.25, -0.2) is 9.67 Å². The number of nitrogens with zero attached hydrogens (tertiary/aromatic N) is 4. The summed E-state index contributed by atoms with van der Waals surface area (Å²) in [5, 5.41) is 7.83. The predicted molar refractivity (Wildman–Crippen MR) is 88.8 cm³/mol. The number of rotatable bonds is 5. The van der Waals surface area contributed by atoms with Crippen molar-refractivity contribution in [3.05, 3.63) is 23.4 Å². The van der Waals surface area contributed by atoms with Crippen LogP contribution in [0.25, 0.3) is 0 Å². The molecule has 0 radical (unpaired) electrons. The third kappa shape index (κ3) is 3.80. The molecule has 3 rings (SSSR count). The van der Waals surface area contributed by atoms with E-state index in [1.54, 1.807) is 0 Å². The maximum Gasteiger partial charge on any atom is 0.240 e. The van der Waals surface area contributed by atoms with Gasteiger partial charge in [0.15, 0.2) is 0 Å². The van der Waals surface area contributed by atoms with Gasteiger partial charge in [-0.05, 0) is 46.0 Å². The normalized spacial score (nSPS) is 20.8. The predicted octanol–water partition coefficient (Wildman–Crippen LogP) is 1.80. The molecule has 1 amide bonds. The molecular formula is C17H27N5O. The van der Waals surface area contributed by atoms with E-state index in [1.165, 1.54) is 18.5 Å². The number of carbonyl (C=O) groups is 1. The fourth-order valence-corrected chi connectivity index (χ4v) is 3.53. The van der Waals surface area contributed by atoms with E-state index in [0.717, 1.165) is 50.4 Å². The molecule has 0 saturated heterocycles. The van der Waals surface area contributed by atoms with Crippen LogP contribution in [0.3, 0.4) is 0 Å². The summed E-state index contributed by atoms with van der Waals surface area (Å²) in [4.78, 5) is 18.9. The van der Waals surface area contributed by atoms with Gasteiger partial charge in [-0.15, -0.1) is 0 Å². The Hall–Kier alpha value is -1.69. The van der Waals surface area contributed by atoms with E-state index < -0.39 is 0 Å². The second-order valence-corrected chi connectivity index (χ2v) is 6.45. The van der Waals surface area contributed by atoms with Crippen LogP contribution in [-0.2, 0) is 17.8 Å². The van der Waals surface area contributed by atoms with Gasteiger partial charge in [0, 0.05) is 24.7 Å². The first-order chi connectivity index (χ1) is 11.2. The summed E-state index contributed by atoms with van der Waals surface area (Å²) in [5.74, 6) is 2.08. The number of aryl methyl sites for hydroxylation is 2. The zero-order valence-corrected chi connectivity index (χ0v) is 14.2. The lowest BCUT2D eigenvalue weighted by Crippen LogP contribution is -2.44. The maximum atomic E-state index is 12.6. The molecule has 1 aromatic rings. The lowest BCUT2D eigenvalue weighted by Gasteiger charge is -2.28. The number of nitrogens with one attached hydrogen (secondary N) is 1. The molecule has 6 nitrogen and oxygen atoms in total. The lowest BCUT2D eigenvalue weighted by molar-refractivity contribution is -0.128. The minimum atomic E-state index is 0.182. The molecule has 0 fully saturated rings. The minimum Gasteiger partial charge on any atom is -0.316 e. The highest BCUT2D eigenvalue weighted by atomic mass is 16.2. The first-order valence-electron chi connectivity index (χ1n) is 8.80. The Labute approximate surface area is 138 Å². The zero-order chi connectivity index (χ0) is 16.2. The monoisotopic (exact) mass is 317 g/mol. The summed E-state index contributed by atoms with van der Waals surface area (Å²) in [6.07, 6.45) is 8.75. The molecule has 0 bridgehead atoms. The van der Waals surface area contributed by atoms with Gasteiger partial charge in [0.2, 0.25) is 5.91 Å². The van der Waals surface area contributed by atoms with E-state index in [-0.39, 0.29) is 5.91 Å². The van der Waals surface area contributed by atoms with Crippen LogP contribution in [0, 0.1) is 6.92 Å². The van der Waals surface area contributed by atoms with E-state index in [4.69, 9.17) is 0 Å². The molecule has 1 unspecified atom stereocenters. The Bertz CT molecular complexity index is 592. The van der Waals surface area contributed by atoms with Crippen LogP contribution < -0.4 is 5.32 Å². The number of amides is 1. The van der Waals surface area contributed by atoms with Crippen LogP contribution >= 0.6 is 0 Å². The van der Waals surface area contributed by atoms with Crippen molar-refractivity contribution in [3.63, 3.8) is 0 Å². The Morgan fingerprint density at radius 2 is 2.30 bits per heavy atom. The smallest absolute Gasteiger partial charge is 0.240 e. The van der Waals surface area contributed by atoms with Gasteiger partial charge in [0.25, 0.3) is 0 Å². The molecule has 0 aromatic carbocycles. The highest BCUT2D eigenvalue weighted by molar-refractivity contribution is 5.80. The van der Waals surface area contributed by atoms with Gasteiger partial charge in [0.05, 0.1) is 13.1 Å². The highest BCUT2D eigenvalue weighted by Gasteiger charge is 2.23. The fourth-order valence-electron chi connectivity index (χ4n) is 3.53. The first-order valence-corrected chi connectivity index (χ1v) is 8.80. The van der Waals surface area contributed by atoms with Crippen molar-refractivity contribution in [2.45, 2.75) is 65.0 Å². The van der Waals surface area contributed by atoms with Crippen LogP contribution in [0.15, 0.2) is 11.8 Å². The minimum absolute atomic E-state index is 0.182. The average Bonchev–Trinajstić information content (AvgIpc) is 2.94. The summed E-state index contributed by atoms with van der Waals surface area (Å²) in [7, 11) is 0. The Kier molecular flexibility index (Phi) is 5.10. The number of allylic oxidation sites excluding steroid dienone is 2. The SMILES string of the molecule is CCN(C(=O)CNC1CCc2nc(C)nn2C1)C1=CCCCC1. The second kappa shape index (κ2) is 7.25. The molecule has 23 heavy (non-hydrogen) atoms. The topological polar surface area (TPSA) is 63.1 Å². The average molecular weight is 317 g/mol. The Morgan fingerprint density at radius 3 is 3.04 bits per heavy atom. The fraction of sp³-hybridized carbons (Fsp3) is 0.706. The molecule has 126 valence electrons. The van der Waals surface area contributed by atoms with Gasteiger partial charge in [-0.3, -0.25) is 4.79 Å². The molecule has 2 aliphatic rings. The van der Waals surface area contributed by atoms with Crippen LogP contribution in [0.4, 0.5) is 0 Å². The number of fused-ring (bicyclic) bond motifs is 1. The van der Waals surface area contributed by atoms with Crippen LogP contribution in [0.1, 0.15) is 50.7 Å². The van der Waals surface area contributed by atoms with E-state index >= 15 is 0 Å². The summed E-state index contributed by atoms with van der Waals surface area (Å²) < 4.78 is 1.97. The molecular weight excluding hydrogens is 290 g/mol. The molecule has 1 aromatic heterocycles. The first kappa shape index (κ1) is 16.2. The van der Waals surface area contributed by atoms with Crippen LogP contribution in [0.5, 0.6) is 0 Å². The third-order valence-corrected chi connectivity index (χ3v) is 4.74. The number of aromatic nitrogens is 3. The van der Waals surface area contributed by atoms with Gasteiger partial charge in [0.1, 0.15) is 11.6 Å².